The first-order valence-corrected chi connectivity index (χ1v) is 13.7. The summed E-state index contributed by atoms with van der Waals surface area (Å²) in [5.41, 5.74) is 0. The zero-order valence-electron chi connectivity index (χ0n) is 25.9. The molecule has 0 aromatic heterocycles. The van der Waals surface area contributed by atoms with Crippen molar-refractivity contribution in [1.82, 2.24) is 10.6 Å². The number of carbonyl (C=O) groups excluding carboxylic acids is 2. The summed E-state index contributed by atoms with van der Waals surface area (Å²) < 4.78 is 10.9. The Morgan fingerprint density at radius 2 is 1.17 bits per heavy atom. The van der Waals surface area contributed by atoms with Gasteiger partial charge in [-0.2, -0.15) is 0 Å². The molecule has 284 valence electrons. The van der Waals surface area contributed by atoms with Gasteiger partial charge in [-0.1, -0.05) is 5.92 Å². The minimum absolute atomic E-state index is 0. The van der Waals surface area contributed by atoms with E-state index in [1.807, 2.05) is 0 Å². The maximum atomic E-state index is 12.3. The minimum atomic E-state index is -1.70. The van der Waals surface area contributed by atoms with Crippen molar-refractivity contribution < 1.29 is 76.0 Å². The molecule has 1 saturated heterocycles. The van der Waals surface area contributed by atoms with Crippen molar-refractivity contribution in [3.8, 4) is 130 Å². The van der Waals surface area contributed by atoms with Crippen molar-refractivity contribution in [2.75, 3.05) is 13.2 Å². The molecule has 0 spiro atoms. The van der Waals surface area contributed by atoms with E-state index in [0.717, 1.165) is 0 Å². The molecule has 1 fully saturated rings. The summed E-state index contributed by atoms with van der Waals surface area (Å²) >= 11 is 0. The zero-order chi connectivity index (χ0) is 35.6. The molecule has 11 heteroatoms. The van der Waals surface area contributed by atoms with E-state index in [-0.39, 0.29) is 37.9 Å². The van der Waals surface area contributed by atoms with Gasteiger partial charge in [0.15, 0.2) is 6.29 Å². The van der Waals surface area contributed by atoms with Gasteiger partial charge in [0.2, 0.25) is 5.91 Å². The molecule has 0 aromatic rings. The maximum absolute atomic E-state index is 12.3. The van der Waals surface area contributed by atoms with Crippen molar-refractivity contribution in [3.63, 3.8) is 0 Å². The second-order valence-electron chi connectivity index (χ2n) is 8.97. The third-order valence-corrected chi connectivity index (χ3v) is 5.37. The predicted molar refractivity (Wildman–Crippen MR) is 219 cm³/mol. The monoisotopic (exact) mass is 689 g/mol. The molecule has 0 saturated carbocycles. The molecule has 2 amide bonds. The first-order valence-electron chi connectivity index (χ1n) is 13.7. The highest BCUT2D eigenvalue weighted by molar-refractivity contribution is 5.94. The summed E-state index contributed by atoms with van der Waals surface area (Å²) in [6, 6.07) is -1.24. The Kier molecular flexibility index (Phi) is 20.0. The second kappa shape index (κ2) is 24.1. The van der Waals surface area contributed by atoms with E-state index in [1.54, 1.807) is 6.92 Å². The molecule has 48 heavy (non-hydrogen) atoms. The smallest absolute Gasteiger partial charge is 0.297 e. The van der Waals surface area contributed by atoms with Gasteiger partial charge >= 0.3 is 0 Å². The number of carbonyl (C=O) groups is 2. The number of amides is 2. The first-order chi connectivity index (χ1) is 23.1. The van der Waals surface area contributed by atoms with Gasteiger partial charge in [-0.05, 0) is 109 Å². The van der Waals surface area contributed by atoms with Crippen LogP contribution in [0.5, 0.6) is 0 Å². The van der Waals surface area contributed by atoms with Gasteiger partial charge in [0, 0.05) is 74.5 Å². The average molecular weight is 689 g/mol. The average Bonchev–Trinajstić information content (AvgIpc) is 3.06. The van der Waals surface area contributed by atoms with Gasteiger partial charge in [0.1, 0.15) is 30.5 Å². The molecule has 5 unspecified atom stereocenters. The summed E-state index contributed by atoms with van der Waals surface area (Å²) in [5.74, 6) is 52.3. The molecule has 1 aliphatic heterocycles. The Labute approximate surface area is 312 Å². The number of aliphatic hydroxyl groups is 5. The van der Waals surface area contributed by atoms with Crippen LogP contribution in [0.25, 0.3) is 0 Å². The zero-order valence-corrected chi connectivity index (χ0v) is 25.9. The van der Waals surface area contributed by atoms with Crippen molar-refractivity contribution in [2.24, 2.45) is 0 Å². The van der Waals surface area contributed by atoms with Crippen molar-refractivity contribution >= 4 is 11.8 Å². The molecule has 8 atom stereocenters. The highest BCUT2D eigenvalue weighted by Gasteiger charge is 2.44. The highest BCUT2D eigenvalue weighted by Crippen LogP contribution is 2.22. The Morgan fingerprint density at radius 3 is 1.58 bits per heavy atom. The van der Waals surface area contributed by atoms with Gasteiger partial charge in [0.25, 0.3) is 5.91 Å². The van der Waals surface area contributed by atoms with Gasteiger partial charge in [-0.25, -0.2) is 0 Å². The van der Waals surface area contributed by atoms with Crippen LogP contribution in [0.1, 0.15) is 52.2 Å². The fourth-order valence-electron chi connectivity index (χ4n) is 3.15. The van der Waals surface area contributed by atoms with Crippen LogP contribution in [0.4, 0.5) is 0 Å². The lowest BCUT2D eigenvalue weighted by Gasteiger charge is -2.40. The van der Waals surface area contributed by atoms with Gasteiger partial charge < -0.3 is 45.6 Å². The van der Waals surface area contributed by atoms with Crippen LogP contribution in [0, 0.1) is 130 Å². The van der Waals surface area contributed by atoms with Gasteiger partial charge in [-0.3, -0.25) is 9.59 Å². The number of nitrogens with one attached hydrogen (secondary N) is 2. The predicted octanol–water partition coefficient (Wildman–Crippen LogP) is 1.64. The van der Waals surface area contributed by atoms with Crippen LogP contribution in [-0.4, -0.2) is 99.5 Å². The first kappa shape index (κ1) is 39.8. The molecule has 11 nitrogen and oxygen atoms in total. The molecule has 1 rings (SSSR count). The number of ether oxygens (including phenoxy) is 2. The Balaban J connectivity index is -0.0000000524. The fraction of sp³-hybridized carbons (Fsp3) is 0.351. The lowest BCUT2D eigenvalue weighted by molar-refractivity contribution is -0.297. The quantitative estimate of drug-likeness (QED) is 0.187. The van der Waals surface area contributed by atoms with E-state index in [2.05, 4.69) is 141 Å². The standard InChI is InChI=1S/C37H28N2O9.22H2/c1-4-5-6-7-8-9-10-11-12-13-14-15-16-17-18-19-20-21-22-23-24-25-32(42)39-30(33(43)28(2)40)27-47-37-36(46)35(45)34(44)31(48-37)26-38-29(3)41;;;;;;;;;;;;;;;;;;;;;;/h28,30-31,33-37,40,43-46H,26-27H2,1-3H3,(H,38,41)(H,39,42);22*1H/t28-,30+,31?,33-,34?,35?,36?,37?;;;;;;;;;;;;;;;;;;;;;;/m1....................../s1. The second-order valence-corrected chi connectivity index (χ2v) is 8.97. The van der Waals surface area contributed by atoms with E-state index in [9.17, 15) is 35.1 Å². The summed E-state index contributed by atoms with van der Waals surface area (Å²) in [6.45, 7) is 3.48. The largest absolute Gasteiger partial charge is 0.391 e. The topological polar surface area (TPSA) is 178 Å². The fourth-order valence-corrected chi connectivity index (χ4v) is 3.15. The minimum Gasteiger partial charge on any atom is -0.391 e. The summed E-state index contributed by atoms with van der Waals surface area (Å²) in [7, 11) is 0. The van der Waals surface area contributed by atoms with Crippen LogP contribution in [0.3, 0.4) is 0 Å². The molecule has 1 aliphatic rings. The molecule has 0 aromatic carbocycles. The van der Waals surface area contributed by atoms with Crippen molar-refractivity contribution in [2.45, 2.75) is 69.7 Å². The van der Waals surface area contributed by atoms with Gasteiger partial charge in [-0.15, -0.1) is 0 Å². The Bertz CT molecular complexity index is 1950. The number of aliphatic hydroxyl groups excluding tert-OH is 5. The highest BCUT2D eigenvalue weighted by atomic mass is 16.7. The van der Waals surface area contributed by atoms with Crippen LogP contribution in [0.15, 0.2) is 0 Å². The maximum Gasteiger partial charge on any atom is 0.297 e. The Hall–Kier alpha value is -6.18. The SMILES string of the molecule is CC#CC#CC#CC#CC#CC#CC#CC#CC#CC#CC#CC(=O)N[C@@H](COC1OC(CNC(C)=O)C(O)C(O)C1O)[C@H](O)[C@@H](C)O.[HH].[HH].[HH].[HH].[HH].[HH].[HH].[HH].[HH].[HH].[HH].[HH].[HH].[HH].[HH].[HH].[HH].[HH].[HH].[HH].[HH].[HH]. The van der Waals surface area contributed by atoms with Crippen molar-refractivity contribution in [1.29, 1.82) is 0 Å². The van der Waals surface area contributed by atoms with Gasteiger partial charge in [0.05, 0.1) is 18.8 Å². The summed E-state index contributed by atoms with van der Waals surface area (Å²) in [5, 5.41) is 55.5. The number of hydrogen-bond acceptors (Lipinski definition) is 9. The van der Waals surface area contributed by atoms with Crippen LogP contribution in [-0.2, 0) is 19.1 Å². The molecule has 7 N–H and O–H groups in total. The van der Waals surface area contributed by atoms with E-state index in [1.165, 1.54) is 13.8 Å². The van der Waals surface area contributed by atoms with E-state index >= 15 is 0 Å². The van der Waals surface area contributed by atoms with E-state index < -0.39 is 67.4 Å². The number of rotatable bonds is 8. The Morgan fingerprint density at radius 1 is 0.729 bits per heavy atom. The van der Waals surface area contributed by atoms with Crippen LogP contribution < -0.4 is 10.6 Å². The summed E-state index contributed by atoms with van der Waals surface area (Å²) in [4.78, 5) is 23.5. The van der Waals surface area contributed by atoms with Crippen molar-refractivity contribution in [3.05, 3.63) is 0 Å². The third-order valence-electron chi connectivity index (χ3n) is 5.37. The lowest BCUT2D eigenvalue weighted by Crippen LogP contribution is -2.61. The normalized spacial score (nSPS) is 19.4. The third kappa shape index (κ3) is 17.3. The summed E-state index contributed by atoms with van der Waals surface area (Å²) in [6.07, 6.45) is -10.4. The molecule has 0 radical (unpaired) electrons. The molecule has 1 heterocycles. The van der Waals surface area contributed by atoms with E-state index in [4.69, 9.17) is 9.47 Å². The molecular formula is C37H72N2O9. The van der Waals surface area contributed by atoms with Crippen LogP contribution in [0.2, 0.25) is 0 Å². The molecular weight excluding hydrogens is 616 g/mol. The van der Waals surface area contributed by atoms with E-state index in [0.29, 0.717) is 0 Å². The molecule has 0 bridgehead atoms. The molecule has 0 aliphatic carbocycles. The number of hydrogen-bond donors (Lipinski definition) is 7. The van der Waals surface area contributed by atoms with Crippen LogP contribution >= 0.6 is 0 Å². The lowest BCUT2D eigenvalue weighted by atomic mass is 9.98.